The Bertz CT molecular complexity index is 810. The van der Waals surface area contributed by atoms with Gasteiger partial charge in [0.1, 0.15) is 11.6 Å². The van der Waals surface area contributed by atoms with E-state index in [0.29, 0.717) is 5.82 Å². The molecule has 21 heavy (non-hydrogen) atoms. The van der Waals surface area contributed by atoms with Gasteiger partial charge in [-0.15, -0.1) is 0 Å². The monoisotopic (exact) mass is 283 g/mol. The number of benzene rings is 1. The van der Waals surface area contributed by atoms with Crippen LogP contribution in [0.1, 0.15) is 11.1 Å². The summed E-state index contributed by atoms with van der Waals surface area (Å²) in [6, 6.07) is 8.17. The Hall–Kier alpha value is -2.69. The molecule has 0 fully saturated rings. The van der Waals surface area contributed by atoms with Crippen LogP contribution in [0.2, 0.25) is 0 Å². The number of hydrogen-bond donors (Lipinski definition) is 2. The molecule has 106 valence electrons. The van der Waals surface area contributed by atoms with E-state index in [0.717, 1.165) is 22.0 Å². The average molecular weight is 283 g/mol. The number of amides is 1. The number of aryl methyl sites for hydroxylation is 1. The molecule has 0 bridgehead atoms. The molecule has 0 aliphatic rings. The first-order chi connectivity index (χ1) is 10.1. The van der Waals surface area contributed by atoms with Crippen molar-refractivity contribution in [1.29, 1.82) is 0 Å². The second-order valence-corrected chi connectivity index (χ2v) is 4.90. The number of halogens is 1. The van der Waals surface area contributed by atoms with E-state index in [4.69, 9.17) is 0 Å². The first-order valence-electron chi connectivity index (χ1n) is 6.60. The Morgan fingerprint density at radius 2 is 2.24 bits per heavy atom. The van der Waals surface area contributed by atoms with E-state index in [-0.39, 0.29) is 18.1 Å². The number of carbonyl (C=O) groups is 1. The zero-order valence-corrected chi connectivity index (χ0v) is 11.5. The average Bonchev–Trinajstić information content (AvgIpc) is 2.84. The summed E-state index contributed by atoms with van der Waals surface area (Å²) in [5.41, 5.74) is 2.47. The van der Waals surface area contributed by atoms with Gasteiger partial charge in [-0.2, -0.15) is 0 Å². The summed E-state index contributed by atoms with van der Waals surface area (Å²) < 4.78 is 13.3. The van der Waals surface area contributed by atoms with Crippen LogP contribution < -0.4 is 5.32 Å². The van der Waals surface area contributed by atoms with E-state index >= 15 is 0 Å². The van der Waals surface area contributed by atoms with Gasteiger partial charge in [0.25, 0.3) is 0 Å². The van der Waals surface area contributed by atoms with Gasteiger partial charge in [-0.05, 0) is 42.3 Å². The molecule has 1 amide bonds. The van der Waals surface area contributed by atoms with E-state index < -0.39 is 0 Å². The van der Waals surface area contributed by atoms with Crippen LogP contribution >= 0.6 is 0 Å². The molecule has 0 aliphatic heterocycles. The highest BCUT2D eigenvalue weighted by Crippen LogP contribution is 2.20. The van der Waals surface area contributed by atoms with Crippen molar-refractivity contribution in [2.75, 3.05) is 5.32 Å². The number of rotatable bonds is 3. The number of carbonyl (C=O) groups excluding carboxylic acids is 1. The van der Waals surface area contributed by atoms with Crippen LogP contribution in [-0.4, -0.2) is 15.9 Å². The minimum atomic E-state index is -0.315. The molecule has 2 aromatic heterocycles. The minimum absolute atomic E-state index is 0.166. The van der Waals surface area contributed by atoms with Crippen molar-refractivity contribution >= 4 is 22.6 Å². The van der Waals surface area contributed by atoms with Crippen molar-refractivity contribution in [3.8, 4) is 0 Å². The van der Waals surface area contributed by atoms with E-state index in [1.807, 2.05) is 19.1 Å². The van der Waals surface area contributed by atoms with Gasteiger partial charge >= 0.3 is 0 Å². The second kappa shape index (κ2) is 5.36. The number of pyridine rings is 1. The van der Waals surface area contributed by atoms with Gasteiger partial charge in [0.05, 0.1) is 6.42 Å². The third-order valence-electron chi connectivity index (χ3n) is 3.35. The van der Waals surface area contributed by atoms with Crippen molar-refractivity contribution in [3.63, 3.8) is 0 Å². The number of aromatic nitrogens is 2. The molecular formula is C16H14FN3O. The topological polar surface area (TPSA) is 57.8 Å². The lowest BCUT2D eigenvalue weighted by molar-refractivity contribution is -0.115. The first kappa shape index (κ1) is 13.3. The van der Waals surface area contributed by atoms with Crippen LogP contribution in [0.15, 0.2) is 42.7 Å². The number of fused-ring (bicyclic) bond motifs is 1. The van der Waals surface area contributed by atoms with E-state index in [1.54, 1.807) is 18.5 Å². The summed E-state index contributed by atoms with van der Waals surface area (Å²) >= 11 is 0. The van der Waals surface area contributed by atoms with Gasteiger partial charge in [-0.1, -0.05) is 6.07 Å². The molecule has 0 unspecified atom stereocenters. The molecule has 0 spiro atoms. The summed E-state index contributed by atoms with van der Waals surface area (Å²) in [6.07, 6.45) is 3.53. The van der Waals surface area contributed by atoms with Crippen molar-refractivity contribution < 1.29 is 9.18 Å². The zero-order valence-electron chi connectivity index (χ0n) is 11.5. The summed E-state index contributed by atoms with van der Waals surface area (Å²) in [5.74, 6) is 0.0554. The third-order valence-corrected chi connectivity index (χ3v) is 3.35. The highest BCUT2D eigenvalue weighted by atomic mass is 19.1. The zero-order chi connectivity index (χ0) is 14.8. The molecule has 0 aliphatic carbocycles. The number of H-pyrrole nitrogens is 1. The fourth-order valence-electron chi connectivity index (χ4n) is 2.26. The number of nitrogens with one attached hydrogen (secondary N) is 2. The Kier molecular flexibility index (Phi) is 3.39. The van der Waals surface area contributed by atoms with E-state index in [2.05, 4.69) is 15.3 Å². The molecule has 0 radical (unpaired) electrons. The summed E-state index contributed by atoms with van der Waals surface area (Å²) in [7, 11) is 0. The maximum absolute atomic E-state index is 13.3. The Labute approximate surface area is 121 Å². The highest BCUT2D eigenvalue weighted by Gasteiger charge is 2.11. The smallest absolute Gasteiger partial charge is 0.230 e. The van der Waals surface area contributed by atoms with Gasteiger partial charge in [-0.3, -0.25) is 4.79 Å². The summed E-state index contributed by atoms with van der Waals surface area (Å²) in [4.78, 5) is 19.3. The largest absolute Gasteiger partial charge is 0.361 e. The molecule has 0 saturated heterocycles. The molecule has 2 heterocycles. The predicted octanol–water partition coefficient (Wildman–Crippen LogP) is 3.19. The van der Waals surface area contributed by atoms with Crippen molar-refractivity contribution in [3.05, 3.63) is 59.7 Å². The molecule has 2 N–H and O–H groups in total. The maximum atomic E-state index is 13.3. The van der Waals surface area contributed by atoms with Crippen LogP contribution in [0.3, 0.4) is 0 Å². The van der Waals surface area contributed by atoms with Crippen molar-refractivity contribution in [2.45, 2.75) is 13.3 Å². The van der Waals surface area contributed by atoms with Gasteiger partial charge in [0.15, 0.2) is 0 Å². The molecule has 3 rings (SSSR count). The number of nitrogens with zero attached hydrogens (tertiary/aromatic N) is 1. The van der Waals surface area contributed by atoms with E-state index in [1.165, 1.54) is 12.1 Å². The van der Waals surface area contributed by atoms with Crippen molar-refractivity contribution in [1.82, 2.24) is 9.97 Å². The lowest BCUT2D eigenvalue weighted by atomic mass is 10.1. The third kappa shape index (κ3) is 2.76. The van der Waals surface area contributed by atoms with Crippen LogP contribution in [0.4, 0.5) is 10.2 Å². The molecule has 0 saturated carbocycles. The normalized spacial score (nSPS) is 10.8. The molecular weight excluding hydrogens is 269 g/mol. The fraction of sp³-hybridized carbons (Fsp3) is 0.125. The fourth-order valence-corrected chi connectivity index (χ4v) is 2.26. The summed E-state index contributed by atoms with van der Waals surface area (Å²) in [6.45, 7) is 1.88. The van der Waals surface area contributed by atoms with E-state index in [9.17, 15) is 9.18 Å². The quantitative estimate of drug-likeness (QED) is 0.775. The van der Waals surface area contributed by atoms with Gasteiger partial charge in [-0.25, -0.2) is 9.37 Å². The second-order valence-electron chi connectivity index (χ2n) is 4.90. The van der Waals surface area contributed by atoms with Crippen LogP contribution in [0.5, 0.6) is 0 Å². The van der Waals surface area contributed by atoms with Crippen molar-refractivity contribution in [2.24, 2.45) is 0 Å². The van der Waals surface area contributed by atoms with Gasteiger partial charge in [0.2, 0.25) is 5.91 Å². The molecule has 3 aromatic rings. The Balaban J connectivity index is 1.80. The van der Waals surface area contributed by atoms with Crippen LogP contribution in [-0.2, 0) is 11.2 Å². The minimum Gasteiger partial charge on any atom is -0.361 e. The van der Waals surface area contributed by atoms with Gasteiger partial charge < -0.3 is 10.3 Å². The number of hydrogen-bond acceptors (Lipinski definition) is 2. The van der Waals surface area contributed by atoms with Crippen LogP contribution in [0.25, 0.3) is 10.9 Å². The van der Waals surface area contributed by atoms with Gasteiger partial charge in [0, 0.05) is 23.3 Å². The maximum Gasteiger partial charge on any atom is 0.230 e. The first-order valence-corrected chi connectivity index (χ1v) is 6.60. The molecule has 0 atom stereocenters. The SMILES string of the molecule is Cc1cccnc1NC(=O)Cc1c[nH]c2ccc(F)cc12. The standard InChI is InChI=1S/C16H14FN3O/c1-10-3-2-6-18-16(10)20-15(21)7-11-9-19-14-5-4-12(17)8-13(11)14/h2-6,8-9,19H,7H2,1H3,(H,18,20,21). The lowest BCUT2D eigenvalue weighted by Crippen LogP contribution is -2.15. The predicted molar refractivity (Wildman–Crippen MR) is 79.6 cm³/mol. The van der Waals surface area contributed by atoms with Crippen LogP contribution in [0, 0.1) is 12.7 Å². The Morgan fingerprint density at radius 3 is 3.05 bits per heavy atom. The highest BCUT2D eigenvalue weighted by molar-refractivity contribution is 5.95. The lowest BCUT2D eigenvalue weighted by Gasteiger charge is -2.06. The molecule has 4 nitrogen and oxygen atoms in total. The number of anilines is 1. The molecule has 5 heteroatoms. The number of aromatic amines is 1. The summed E-state index contributed by atoms with van der Waals surface area (Å²) in [5, 5.41) is 3.50. The molecule has 1 aromatic carbocycles. The Morgan fingerprint density at radius 1 is 1.38 bits per heavy atom.